The molecule has 0 aliphatic heterocycles. The number of nitrogens with two attached hydrogens (primary N) is 1. The minimum absolute atomic E-state index is 0.196. The Balaban J connectivity index is 2.38. The fourth-order valence-corrected chi connectivity index (χ4v) is 3.04. The molecule has 0 radical (unpaired) electrons. The van der Waals surface area contributed by atoms with Crippen LogP contribution in [0.3, 0.4) is 0 Å². The summed E-state index contributed by atoms with van der Waals surface area (Å²) >= 11 is 6.39. The highest BCUT2D eigenvalue weighted by Crippen LogP contribution is 2.57. The highest BCUT2D eigenvalue weighted by molar-refractivity contribution is 6.31. The van der Waals surface area contributed by atoms with Gasteiger partial charge in [-0.05, 0) is 51.2 Å². The van der Waals surface area contributed by atoms with Gasteiger partial charge >= 0.3 is 0 Å². The Morgan fingerprint density at radius 3 is 2.50 bits per heavy atom. The number of halogens is 1. The van der Waals surface area contributed by atoms with E-state index < -0.39 is 0 Å². The number of hydrogen-bond donors (Lipinski definition) is 1. The van der Waals surface area contributed by atoms with E-state index in [2.05, 4.69) is 25.1 Å². The van der Waals surface area contributed by atoms with Crippen molar-refractivity contribution in [3.8, 4) is 5.75 Å². The molecule has 18 heavy (non-hydrogen) atoms. The fourth-order valence-electron chi connectivity index (χ4n) is 2.76. The molecule has 3 nitrogen and oxygen atoms in total. The zero-order valence-corrected chi connectivity index (χ0v) is 12.0. The van der Waals surface area contributed by atoms with E-state index in [0.29, 0.717) is 6.54 Å². The van der Waals surface area contributed by atoms with Gasteiger partial charge in [0.25, 0.3) is 0 Å². The van der Waals surface area contributed by atoms with Crippen LogP contribution in [0.25, 0.3) is 0 Å². The zero-order valence-electron chi connectivity index (χ0n) is 11.2. The number of hydrogen-bond acceptors (Lipinski definition) is 3. The quantitative estimate of drug-likeness (QED) is 0.892. The van der Waals surface area contributed by atoms with E-state index in [9.17, 15) is 0 Å². The predicted octanol–water partition coefficient (Wildman–Crippen LogP) is 2.69. The van der Waals surface area contributed by atoms with Crippen molar-refractivity contribution in [3.63, 3.8) is 0 Å². The Morgan fingerprint density at radius 1 is 1.44 bits per heavy atom. The second-order valence-corrected chi connectivity index (χ2v) is 5.73. The molecular formula is C14H21ClN2O. The zero-order chi connectivity index (χ0) is 13.3. The third-order valence-corrected chi connectivity index (χ3v) is 4.22. The molecule has 100 valence electrons. The van der Waals surface area contributed by atoms with Crippen molar-refractivity contribution >= 4 is 11.6 Å². The van der Waals surface area contributed by atoms with Gasteiger partial charge in [-0.1, -0.05) is 17.7 Å². The molecule has 0 saturated heterocycles. The minimum atomic E-state index is 0.196. The molecule has 1 unspecified atom stereocenters. The van der Waals surface area contributed by atoms with Crippen molar-refractivity contribution in [1.82, 2.24) is 4.90 Å². The lowest BCUT2D eigenvalue weighted by Crippen LogP contribution is -2.33. The molecule has 1 fully saturated rings. The van der Waals surface area contributed by atoms with Crippen LogP contribution < -0.4 is 10.5 Å². The van der Waals surface area contributed by atoms with E-state index in [4.69, 9.17) is 22.1 Å². The minimum Gasteiger partial charge on any atom is -0.497 e. The summed E-state index contributed by atoms with van der Waals surface area (Å²) in [5.41, 5.74) is 7.30. The van der Waals surface area contributed by atoms with Crippen LogP contribution in [0.15, 0.2) is 18.2 Å². The number of benzene rings is 1. The van der Waals surface area contributed by atoms with Crippen LogP contribution in [-0.2, 0) is 0 Å². The van der Waals surface area contributed by atoms with Gasteiger partial charge in [0.2, 0.25) is 0 Å². The number of rotatable bonds is 5. The second-order valence-electron chi connectivity index (χ2n) is 5.32. The molecule has 0 bridgehead atoms. The van der Waals surface area contributed by atoms with Gasteiger partial charge in [0, 0.05) is 16.5 Å². The van der Waals surface area contributed by atoms with Gasteiger partial charge in [-0.15, -0.1) is 0 Å². The lowest BCUT2D eigenvalue weighted by molar-refractivity contribution is 0.198. The molecule has 2 rings (SSSR count). The van der Waals surface area contributed by atoms with Gasteiger partial charge in [0.15, 0.2) is 0 Å². The van der Waals surface area contributed by atoms with Gasteiger partial charge < -0.3 is 15.4 Å². The molecule has 0 spiro atoms. The van der Waals surface area contributed by atoms with Crippen molar-refractivity contribution in [2.45, 2.75) is 18.9 Å². The van der Waals surface area contributed by atoms with Gasteiger partial charge in [-0.25, -0.2) is 0 Å². The Hall–Kier alpha value is -0.770. The second kappa shape index (κ2) is 5.08. The highest BCUT2D eigenvalue weighted by Gasteiger charge is 2.50. The average Bonchev–Trinajstić information content (AvgIpc) is 3.12. The van der Waals surface area contributed by atoms with E-state index in [-0.39, 0.29) is 11.5 Å². The summed E-state index contributed by atoms with van der Waals surface area (Å²) < 4.78 is 5.20. The van der Waals surface area contributed by atoms with Gasteiger partial charge in [-0.2, -0.15) is 0 Å². The first kappa shape index (κ1) is 13.7. The average molecular weight is 269 g/mol. The SMILES string of the molecule is COc1ccc(C(N(C)C)C2(CN)CC2)c(Cl)c1. The molecule has 2 N–H and O–H groups in total. The summed E-state index contributed by atoms with van der Waals surface area (Å²) in [6, 6.07) is 6.17. The molecule has 1 aliphatic carbocycles. The molecule has 1 aromatic rings. The topological polar surface area (TPSA) is 38.5 Å². The van der Waals surface area contributed by atoms with Crippen LogP contribution in [0.2, 0.25) is 5.02 Å². The lowest BCUT2D eigenvalue weighted by atomic mass is 9.89. The molecule has 4 heteroatoms. The van der Waals surface area contributed by atoms with Crippen LogP contribution in [-0.4, -0.2) is 32.6 Å². The number of nitrogens with zero attached hydrogens (tertiary/aromatic N) is 1. The lowest BCUT2D eigenvalue weighted by Gasteiger charge is -2.33. The Bertz CT molecular complexity index is 430. The van der Waals surface area contributed by atoms with Crippen molar-refractivity contribution < 1.29 is 4.74 Å². The van der Waals surface area contributed by atoms with Crippen molar-refractivity contribution in [1.29, 1.82) is 0 Å². The van der Waals surface area contributed by atoms with Crippen LogP contribution >= 0.6 is 11.6 Å². The highest BCUT2D eigenvalue weighted by atomic mass is 35.5. The first-order valence-corrected chi connectivity index (χ1v) is 6.62. The monoisotopic (exact) mass is 268 g/mol. The Morgan fingerprint density at radius 2 is 2.11 bits per heavy atom. The maximum Gasteiger partial charge on any atom is 0.120 e. The molecular weight excluding hydrogens is 248 g/mol. The Kier molecular flexibility index (Phi) is 3.85. The largest absolute Gasteiger partial charge is 0.497 e. The molecule has 0 heterocycles. The molecule has 1 saturated carbocycles. The summed E-state index contributed by atoms with van der Waals surface area (Å²) in [6.45, 7) is 0.707. The van der Waals surface area contributed by atoms with E-state index in [0.717, 1.165) is 16.3 Å². The van der Waals surface area contributed by atoms with E-state index in [1.54, 1.807) is 7.11 Å². The summed E-state index contributed by atoms with van der Waals surface area (Å²) in [5.74, 6) is 0.791. The number of ether oxygens (including phenoxy) is 1. The third kappa shape index (κ3) is 2.35. The molecule has 1 atom stereocenters. The number of methoxy groups -OCH3 is 1. The van der Waals surface area contributed by atoms with Gasteiger partial charge in [0.1, 0.15) is 5.75 Å². The summed E-state index contributed by atoms with van der Waals surface area (Å²) in [6.07, 6.45) is 2.35. The van der Waals surface area contributed by atoms with E-state index in [1.165, 1.54) is 12.8 Å². The van der Waals surface area contributed by atoms with Crippen LogP contribution in [0, 0.1) is 5.41 Å². The van der Waals surface area contributed by atoms with Gasteiger partial charge in [0.05, 0.1) is 7.11 Å². The first-order chi connectivity index (χ1) is 8.54. The normalized spacial score (nSPS) is 18.8. The first-order valence-electron chi connectivity index (χ1n) is 6.24. The van der Waals surface area contributed by atoms with Crippen molar-refractivity contribution in [2.24, 2.45) is 11.1 Å². The maximum atomic E-state index is 6.39. The summed E-state index contributed by atoms with van der Waals surface area (Å²) in [5, 5.41) is 0.757. The fraction of sp³-hybridized carbons (Fsp3) is 0.571. The Labute approximate surface area is 114 Å². The molecule has 0 aromatic heterocycles. The van der Waals surface area contributed by atoms with Crippen molar-refractivity contribution in [2.75, 3.05) is 27.7 Å². The predicted molar refractivity (Wildman–Crippen MR) is 75.2 cm³/mol. The smallest absolute Gasteiger partial charge is 0.120 e. The van der Waals surface area contributed by atoms with E-state index >= 15 is 0 Å². The van der Waals surface area contributed by atoms with E-state index in [1.807, 2.05) is 12.1 Å². The summed E-state index contributed by atoms with van der Waals surface area (Å²) in [4.78, 5) is 2.22. The molecule has 1 aromatic carbocycles. The maximum absolute atomic E-state index is 6.39. The van der Waals surface area contributed by atoms with Gasteiger partial charge in [-0.3, -0.25) is 0 Å². The molecule has 0 amide bonds. The standard InChI is InChI=1S/C14H21ClN2O/c1-17(2)13(14(9-16)6-7-14)11-5-4-10(18-3)8-12(11)15/h4-5,8,13H,6-7,9,16H2,1-3H3. The third-order valence-electron chi connectivity index (χ3n) is 3.90. The van der Waals surface area contributed by atoms with Crippen LogP contribution in [0.1, 0.15) is 24.4 Å². The molecule has 1 aliphatic rings. The van der Waals surface area contributed by atoms with Crippen molar-refractivity contribution in [3.05, 3.63) is 28.8 Å². The van der Waals surface area contributed by atoms with Crippen LogP contribution in [0.5, 0.6) is 5.75 Å². The van der Waals surface area contributed by atoms with Crippen LogP contribution in [0.4, 0.5) is 0 Å². The summed E-state index contributed by atoms with van der Waals surface area (Å²) in [7, 11) is 5.82.